The van der Waals surface area contributed by atoms with Gasteiger partial charge in [-0.25, -0.2) is 9.18 Å². The van der Waals surface area contributed by atoms with E-state index in [0.29, 0.717) is 34.8 Å². The van der Waals surface area contributed by atoms with Gasteiger partial charge in [0.2, 0.25) is 0 Å². The van der Waals surface area contributed by atoms with Crippen molar-refractivity contribution in [2.45, 2.75) is 13.5 Å². The molecule has 1 heterocycles. The third-order valence-electron chi connectivity index (χ3n) is 3.97. The third kappa shape index (κ3) is 4.97. The monoisotopic (exact) mass is 382 g/mol. The molecule has 144 valence electrons. The van der Waals surface area contributed by atoms with Crippen LogP contribution in [0.4, 0.5) is 15.8 Å². The molecule has 1 aromatic heterocycles. The summed E-state index contributed by atoms with van der Waals surface area (Å²) in [6.45, 7) is 1.54. The molecule has 0 unspecified atom stereocenters. The highest BCUT2D eigenvalue weighted by atomic mass is 19.1. The minimum atomic E-state index is -0.646. The predicted octanol–water partition coefficient (Wildman–Crippen LogP) is 4.13. The van der Waals surface area contributed by atoms with E-state index in [-0.39, 0.29) is 0 Å². The van der Waals surface area contributed by atoms with Crippen molar-refractivity contribution in [3.8, 4) is 0 Å². The Labute approximate surface area is 161 Å². The number of esters is 1. The van der Waals surface area contributed by atoms with E-state index < -0.39 is 24.3 Å². The molecule has 0 aliphatic carbocycles. The molecule has 2 N–H and O–H groups in total. The number of ether oxygens (including phenoxy) is 1. The quantitative estimate of drug-likeness (QED) is 0.601. The summed E-state index contributed by atoms with van der Waals surface area (Å²) >= 11 is 0. The van der Waals surface area contributed by atoms with Gasteiger partial charge >= 0.3 is 5.97 Å². The molecule has 0 spiro atoms. The summed E-state index contributed by atoms with van der Waals surface area (Å²) < 4.78 is 23.9. The SMILES string of the molecule is Cc1ccc(NC(=O)COC(=O)c2ccccc2NCc2ccco2)cc1F. The van der Waals surface area contributed by atoms with Gasteiger partial charge in [-0.2, -0.15) is 0 Å². The van der Waals surface area contributed by atoms with E-state index in [9.17, 15) is 14.0 Å². The highest BCUT2D eigenvalue weighted by Crippen LogP contribution is 2.18. The predicted molar refractivity (Wildman–Crippen MR) is 103 cm³/mol. The Morgan fingerprint density at radius 1 is 1.11 bits per heavy atom. The normalized spacial score (nSPS) is 10.4. The van der Waals surface area contributed by atoms with Gasteiger partial charge in [0.1, 0.15) is 11.6 Å². The van der Waals surface area contributed by atoms with E-state index in [4.69, 9.17) is 9.15 Å². The Bertz CT molecular complexity index is 970. The van der Waals surface area contributed by atoms with Gasteiger partial charge in [-0.1, -0.05) is 18.2 Å². The highest BCUT2D eigenvalue weighted by molar-refractivity contribution is 5.98. The third-order valence-corrected chi connectivity index (χ3v) is 3.97. The molecule has 0 saturated heterocycles. The van der Waals surface area contributed by atoms with Crippen molar-refractivity contribution in [1.29, 1.82) is 0 Å². The number of furan rings is 1. The van der Waals surface area contributed by atoms with Gasteiger partial charge in [0.25, 0.3) is 5.91 Å². The summed E-state index contributed by atoms with van der Waals surface area (Å²) in [7, 11) is 0. The molecule has 3 rings (SSSR count). The van der Waals surface area contributed by atoms with Crippen molar-refractivity contribution in [1.82, 2.24) is 0 Å². The van der Waals surface area contributed by atoms with Gasteiger partial charge in [0.05, 0.1) is 18.4 Å². The van der Waals surface area contributed by atoms with Gasteiger partial charge < -0.3 is 19.8 Å². The first-order chi connectivity index (χ1) is 13.5. The number of nitrogens with one attached hydrogen (secondary N) is 2. The topological polar surface area (TPSA) is 80.6 Å². The van der Waals surface area contributed by atoms with E-state index in [1.54, 1.807) is 55.7 Å². The Balaban J connectivity index is 1.57. The molecule has 0 saturated carbocycles. The van der Waals surface area contributed by atoms with Gasteiger partial charge in [-0.3, -0.25) is 4.79 Å². The first-order valence-electron chi connectivity index (χ1n) is 8.61. The fraction of sp³-hybridized carbons (Fsp3) is 0.143. The van der Waals surface area contributed by atoms with E-state index in [0.717, 1.165) is 0 Å². The lowest BCUT2D eigenvalue weighted by Gasteiger charge is -2.11. The number of para-hydroxylation sites is 1. The van der Waals surface area contributed by atoms with Crippen LogP contribution in [0.2, 0.25) is 0 Å². The molecular formula is C21H19FN2O4. The Morgan fingerprint density at radius 3 is 2.68 bits per heavy atom. The van der Waals surface area contributed by atoms with Gasteiger partial charge in [-0.05, 0) is 48.9 Å². The second-order valence-electron chi connectivity index (χ2n) is 6.07. The first kappa shape index (κ1) is 19.2. The zero-order valence-corrected chi connectivity index (χ0v) is 15.2. The maximum atomic E-state index is 13.5. The molecule has 28 heavy (non-hydrogen) atoms. The van der Waals surface area contributed by atoms with Crippen molar-refractivity contribution in [3.05, 3.63) is 83.6 Å². The lowest BCUT2D eigenvalue weighted by Crippen LogP contribution is -2.21. The molecule has 0 fully saturated rings. The van der Waals surface area contributed by atoms with Crippen molar-refractivity contribution in [3.63, 3.8) is 0 Å². The van der Waals surface area contributed by atoms with Crippen LogP contribution < -0.4 is 10.6 Å². The number of rotatable bonds is 7. The summed E-state index contributed by atoms with van der Waals surface area (Å²) in [5.74, 6) is -0.912. The van der Waals surface area contributed by atoms with Gasteiger partial charge in [0.15, 0.2) is 6.61 Å². The number of benzene rings is 2. The largest absolute Gasteiger partial charge is 0.467 e. The summed E-state index contributed by atoms with van der Waals surface area (Å²) in [6.07, 6.45) is 1.57. The van der Waals surface area contributed by atoms with Crippen molar-refractivity contribution < 1.29 is 23.1 Å². The molecule has 7 heteroatoms. The number of amides is 1. The summed E-state index contributed by atoms with van der Waals surface area (Å²) in [5.41, 5.74) is 1.63. The lowest BCUT2D eigenvalue weighted by atomic mass is 10.2. The number of halogens is 1. The zero-order valence-electron chi connectivity index (χ0n) is 15.2. The number of hydrogen-bond donors (Lipinski definition) is 2. The average Bonchev–Trinajstić information content (AvgIpc) is 3.21. The number of hydrogen-bond acceptors (Lipinski definition) is 5. The molecule has 0 radical (unpaired) electrons. The van der Waals surface area contributed by atoms with Crippen LogP contribution in [-0.2, 0) is 16.1 Å². The Kier molecular flexibility index (Phi) is 6.06. The Hall–Kier alpha value is -3.61. The van der Waals surface area contributed by atoms with Crippen molar-refractivity contribution in [2.75, 3.05) is 17.2 Å². The summed E-state index contributed by atoms with van der Waals surface area (Å²) in [5, 5.41) is 5.59. The maximum absolute atomic E-state index is 13.5. The van der Waals surface area contributed by atoms with E-state index >= 15 is 0 Å². The van der Waals surface area contributed by atoms with Gasteiger partial charge in [0, 0.05) is 11.4 Å². The van der Waals surface area contributed by atoms with Crippen LogP contribution in [0.1, 0.15) is 21.7 Å². The number of aryl methyl sites for hydroxylation is 1. The van der Waals surface area contributed by atoms with Crippen LogP contribution >= 0.6 is 0 Å². The van der Waals surface area contributed by atoms with Gasteiger partial charge in [-0.15, -0.1) is 0 Å². The maximum Gasteiger partial charge on any atom is 0.340 e. The fourth-order valence-corrected chi connectivity index (χ4v) is 2.49. The average molecular weight is 382 g/mol. The summed E-state index contributed by atoms with van der Waals surface area (Å²) in [6, 6.07) is 14.7. The Morgan fingerprint density at radius 2 is 1.93 bits per heavy atom. The minimum absolute atomic E-state index is 0.295. The first-order valence-corrected chi connectivity index (χ1v) is 8.61. The van der Waals surface area contributed by atoms with Crippen LogP contribution in [0, 0.1) is 12.7 Å². The smallest absolute Gasteiger partial charge is 0.340 e. The highest BCUT2D eigenvalue weighted by Gasteiger charge is 2.15. The molecule has 0 bridgehead atoms. The molecule has 3 aromatic rings. The van der Waals surface area contributed by atoms with Crippen LogP contribution in [0.5, 0.6) is 0 Å². The standard InChI is InChI=1S/C21H19FN2O4/c1-14-8-9-15(11-18(14)22)24-20(25)13-28-21(26)17-6-2-3-7-19(17)23-12-16-5-4-10-27-16/h2-11,23H,12-13H2,1H3,(H,24,25). The second kappa shape index (κ2) is 8.85. The minimum Gasteiger partial charge on any atom is -0.467 e. The van der Waals surface area contributed by atoms with Crippen molar-refractivity contribution >= 4 is 23.3 Å². The lowest BCUT2D eigenvalue weighted by molar-refractivity contribution is -0.119. The van der Waals surface area contributed by atoms with Crippen LogP contribution in [0.3, 0.4) is 0 Å². The molecule has 0 aliphatic heterocycles. The van der Waals surface area contributed by atoms with Crippen molar-refractivity contribution in [2.24, 2.45) is 0 Å². The fourth-order valence-electron chi connectivity index (χ4n) is 2.49. The van der Waals surface area contributed by atoms with E-state index in [1.807, 2.05) is 6.07 Å². The molecular weight excluding hydrogens is 363 g/mol. The number of anilines is 2. The number of carbonyl (C=O) groups excluding carboxylic acids is 2. The molecule has 0 aliphatic rings. The molecule has 0 atom stereocenters. The second-order valence-corrected chi connectivity index (χ2v) is 6.07. The van der Waals surface area contributed by atoms with E-state index in [2.05, 4.69) is 10.6 Å². The summed E-state index contributed by atoms with van der Waals surface area (Å²) in [4.78, 5) is 24.3. The van der Waals surface area contributed by atoms with Crippen LogP contribution in [0.15, 0.2) is 65.3 Å². The number of carbonyl (C=O) groups is 2. The molecule has 1 amide bonds. The zero-order chi connectivity index (χ0) is 19.9. The van der Waals surface area contributed by atoms with Crippen LogP contribution in [-0.4, -0.2) is 18.5 Å². The molecule has 6 nitrogen and oxygen atoms in total. The molecule has 2 aromatic carbocycles. The van der Waals surface area contributed by atoms with Crippen LogP contribution in [0.25, 0.3) is 0 Å². The van der Waals surface area contributed by atoms with E-state index in [1.165, 1.54) is 6.07 Å².